The van der Waals surface area contributed by atoms with Crippen molar-refractivity contribution in [3.63, 3.8) is 0 Å². The summed E-state index contributed by atoms with van der Waals surface area (Å²) < 4.78 is 0. The summed E-state index contributed by atoms with van der Waals surface area (Å²) in [6.45, 7) is 1.10. The summed E-state index contributed by atoms with van der Waals surface area (Å²) in [6, 6.07) is 1.69. The summed E-state index contributed by atoms with van der Waals surface area (Å²) in [7, 11) is 0. The van der Waals surface area contributed by atoms with Gasteiger partial charge in [-0.1, -0.05) is 11.6 Å². The molecule has 0 radical (unpaired) electrons. The number of carbonyl (C=O) groups excluding carboxylic acids is 1. The normalized spacial score (nSPS) is 20.5. The average molecular weight is 241 g/mol. The Kier molecular flexibility index (Phi) is 2.98. The number of pyridine rings is 1. The third-order valence-electron chi connectivity index (χ3n) is 2.75. The maximum Gasteiger partial charge on any atom is 0.227 e. The summed E-state index contributed by atoms with van der Waals surface area (Å²) in [5.41, 5.74) is 12.3. The van der Waals surface area contributed by atoms with Gasteiger partial charge in [-0.2, -0.15) is 0 Å². The number of hydrogen-bond donors (Lipinski definition) is 2. The molecule has 1 aromatic heterocycles. The first kappa shape index (κ1) is 11.2. The average Bonchev–Trinajstić information content (AvgIpc) is 2.64. The van der Waals surface area contributed by atoms with Gasteiger partial charge in [0.25, 0.3) is 0 Å². The van der Waals surface area contributed by atoms with Crippen molar-refractivity contribution in [3.8, 4) is 0 Å². The molecule has 1 unspecified atom stereocenters. The summed E-state index contributed by atoms with van der Waals surface area (Å²) in [5, 5.41) is 0.224. The number of aromatic nitrogens is 1. The predicted molar refractivity (Wildman–Crippen MR) is 63.2 cm³/mol. The number of nitrogens with two attached hydrogens (primary N) is 2. The molecule has 1 aliphatic heterocycles. The highest BCUT2D eigenvalue weighted by molar-refractivity contribution is 6.32. The molecule has 16 heavy (non-hydrogen) atoms. The molecule has 1 aliphatic rings. The third-order valence-corrected chi connectivity index (χ3v) is 3.05. The fraction of sp³-hybridized carbons (Fsp3) is 0.400. The number of carbonyl (C=O) groups is 1. The first-order valence-electron chi connectivity index (χ1n) is 5.04. The molecular formula is C10H13ClN4O. The van der Waals surface area contributed by atoms with E-state index in [1.165, 1.54) is 6.20 Å². The number of amides is 1. The number of halogens is 1. The topological polar surface area (TPSA) is 85.2 Å². The molecule has 1 atom stereocenters. The van der Waals surface area contributed by atoms with E-state index in [4.69, 9.17) is 23.1 Å². The standard InChI is InChI=1S/C10H13ClN4O/c11-10-9(13)7(1-2-14-10)15-5-6(4-12)3-8(15)16/h1-2,6H,3-5,12-13H2. The number of nitrogens with zero attached hydrogens (tertiary/aromatic N) is 2. The molecule has 0 bridgehead atoms. The molecule has 4 N–H and O–H groups in total. The highest BCUT2D eigenvalue weighted by atomic mass is 35.5. The molecule has 2 rings (SSSR count). The Labute approximate surface area is 98.4 Å². The summed E-state index contributed by atoms with van der Waals surface area (Å²) in [6.07, 6.45) is 2.01. The molecule has 0 spiro atoms. The smallest absolute Gasteiger partial charge is 0.227 e. The first-order chi connectivity index (χ1) is 7.63. The summed E-state index contributed by atoms with van der Waals surface area (Å²) >= 11 is 5.81. The third kappa shape index (κ3) is 1.83. The van der Waals surface area contributed by atoms with Crippen molar-refractivity contribution in [2.75, 3.05) is 23.7 Å². The van der Waals surface area contributed by atoms with E-state index in [1.807, 2.05) is 0 Å². The minimum atomic E-state index is 0.0319. The van der Waals surface area contributed by atoms with Crippen molar-refractivity contribution in [3.05, 3.63) is 17.4 Å². The van der Waals surface area contributed by atoms with E-state index >= 15 is 0 Å². The Hall–Kier alpha value is -1.33. The van der Waals surface area contributed by atoms with Gasteiger partial charge in [-0.15, -0.1) is 0 Å². The quantitative estimate of drug-likeness (QED) is 0.743. The Balaban J connectivity index is 2.31. The van der Waals surface area contributed by atoms with Crippen LogP contribution in [-0.2, 0) is 4.79 Å². The molecule has 6 heteroatoms. The van der Waals surface area contributed by atoms with Crippen molar-refractivity contribution in [1.82, 2.24) is 4.98 Å². The highest BCUT2D eigenvalue weighted by Crippen LogP contribution is 2.32. The van der Waals surface area contributed by atoms with E-state index in [-0.39, 0.29) is 17.0 Å². The Morgan fingerprint density at radius 3 is 3.00 bits per heavy atom. The maximum atomic E-state index is 11.8. The lowest BCUT2D eigenvalue weighted by molar-refractivity contribution is -0.117. The van der Waals surface area contributed by atoms with Crippen LogP contribution in [0.4, 0.5) is 11.4 Å². The van der Waals surface area contributed by atoms with Crippen molar-refractivity contribution in [2.24, 2.45) is 11.7 Å². The lowest BCUT2D eigenvalue weighted by Gasteiger charge is -2.18. The number of rotatable bonds is 2. The van der Waals surface area contributed by atoms with Crippen molar-refractivity contribution in [2.45, 2.75) is 6.42 Å². The molecule has 1 amide bonds. The Morgan fingerprint density at radius 2 is 2.38 bits per heavy atom. The van der Waals surface area contributed by atoms with E-state index in [1.54, 1.807) is 11.0 Å². The van der Waals surface area contributed by atoms with Crippen LogP contribution in [0.1, 0.15) is 6.42 Å². The van der Waals surface area contributed by atoms with Gasteiger partial charge in [0.05, 0.1) is 11.4 Å². The lowest BCUT2D eigenvalue weighted by Crippen LogP contribution is -2.26. The van der Waals surface area contributed by atoms with Crippen molar-refractivity contribution in [1.29, 1.82) is 0 Å². The molecule has 86 valence electrons. The summed E-state index contributed by atoms with van der Waals surface area (Å²) in [4.78, 5) is 17.2. The van der Waals surface area contributed by atoms with Crippen LogP contribution >= 0.6 is 11.6 Å². The van der Waals surface area contributed by atoms with E-state index in [0.717, 1.165) is 0 Å². The van der Waals surface area contributed by atoms with E-state index in [2.05, 4.69) is 4.98 Å². The van der Waals surface area contributed by atoms with Gasteiger partial charge in [-0.25, -0.2) is 4.98 Å². The number of hydrogen-bond acceptors (Lipinski definition) is 4. The Morgan fingerprint density at radius 1 is 1.62 bits per heavy atom. The molecule has 5 nitrogen and oxygen atoms in total. The van der Waals surface area contributed by atoms with Gasteiger partial charge in [0.15, 0.2) is 5.15 Å². The second kappa shape index (κ2) is 4.27. The van der Waals surface area contributed by atoms with Gasteiger partial charge in [0.1, 0.15) is 0 Å². The zero-order valence-corrected chi connectivity index (χ0v) is 9.44. The lowest BCUT2D eigenvalue weighted by atomic mass is 10.1. The SMILES string of the molecule is NCC1CC(=O)N(c2ccnc(Cl)c2N)C1. The molecule has 0 aliphatic carbocycles. The second-order valence-corrected chi connectivity index (χ2v) is 4.20. The zero-order valence-electron chi connectivity index (χ0n) is 8.69. The zero-order chi connectivity index (χ0) is 11.7. The van der Waals surface area contributed by atoms with Crippen LogP contribution < -0.4 is 16.4 Å². The molecule has 1 saturated heterocycles. The highest BCUT2D eigenvalue weighted by Gasteiger charge is 2.31. The first-order valence-corrected chi connectivity index (χ1v) is 5.41. The van der Waals surface area contributed by atoms with Crippen LogP contribution in [0.2, 0.25) is 5.15 Å². The van der Waals surface area contributed by atoms with E-state index in [9.17, 15) is 4.79 Å². The molecule has 2 heterocycles. The fourth-order valence-corrected chi connectivity index (χ4v) is 2.00. The van der Waals surface area contributed by atoms with Crippen LogP contribution in [0.15, 0.2) is 12.3 Å². The van der Waals surface area contributed by atoms with Crippen LogP contribution in [0.25, 0.3) is 0 Å². The van der Waals surface area contributed by atoms with Gasteiger partial charge in [-0.3, -0.25) is 4.79 Å². The maximum absolute atomic E-state index is 11.8. The summed E-state index contributed by atoms with van der Waals surface area (Å²) in [5.74, 6) is 0.225. The molecule has 0 aromatic carbocycles. The van der Waals surface area contributed by atoms with Crippen molar-refractivity contribution < 1.29 is 4.79 Å². The largest absolute Gasteiger partial charge is 0.395 e. The van der Waals surface area contributed by atoms with E-state index in [0.29, 0.717) is 30.9 Å². The van der Waals surface area contributed by atoms with Crippen molar-refractivity contribution >= 4 is 28.9 Å². The van der Waals surface area contributed by atoms with Crippen LogP contribution in [0.5, 0.6) is 0 Å². The molecular weight excluding hydrogens is 228 g/mol. The van der Waals surface area contributed by atoms with Crippen LogP contribution in [0.3, 0.4) is 0 Å². The fourth-order valence-electron chi connectivity index (χ4n) is 1.85. The monoisotopic (exact) mass is 240 g/mol. The predicted octanol–water partition coefficient (Wildman–Crippen LogP) is 0.629. The van der Waals surface area contributed by atoms with Gasteiger partial charge in [-0.05, 0) is 18.5 Å². The minimum Gasteiger partial charge on any atom is -0.395 e. The van der Waals surface area contributed by atoms with E-state index < -0.39 is 0 Å². The number of nitrogen functional groups attached to an aromatic ring is 1. The van der Waals surface area contributed by atoms with Gasteiger partial charge >= 0.3 is 0 Å². The number of anilines is 2. The second-order valence-electron chi connectivity index (χ2n) is 3.84. The minimum absolute atomic E-state index is 0.0319. The van der Waals surface area contributed by atoms with Gasteiger partial charge < -0.3 is 16.4 Å². The molecule has 1 aromatic rings. The van der Waals surface area contributed by atoms with Gasteiger partial charge in [0, 0.05) is 19.2 Å². The van der Waals surface area contributed by atoms with Gasteiger partial charge in [0.2, 0.25) is 5.91 Å². The molecule has 1 fully saturated rings. The Bertz CT molecular complexity index is 423. The molecule has 0 saturated carbocycles. The van der Waals surface area contributed by atoms with Crippen LogP contribution in [-0.4, -0.2) is 24.0 Å². The van der Waals surface area contributed by atoms with Crippen LogP contribution in [0, 0.1) is 5.92 Å².